The molecule has 1 heterocycles. The van der Waals surface area contributed by atoms with Crippen LogP contribution in [0.1, 0.15) is 0 Å². The van der Waals surface area contributed by atoms with Crippen molar-refractivity contribution in [2.24, 2.45) is 4.99 Å². The fraction of sp³-hybridized carbons (Fsp3) is 0.750. The minimum absolute atomic E-state index is 0.942. The van der Waals surface area contributed by atoms with E-state index in [1.54, 1.807) is 0 Å². The number of halogens is 1. The molecule has 0 aromatic rings. The van der Waals surface area contributed by atoms with Crippen molar-refractivity contribution in [3.8, 4) is 0 Å². The molecule has 0 saturated heterocycles. The molecule has 0 amide bonds. The molecular formula is C4H6BrNS. The molecule has 40 valence electrons. The van der Waals surface area contributed by atoms with E-state index in [0.717, 1.165) is 11.9 Å². The first-order valence-electron chi connectivity index (χ1n) is 2.15. The van der Waals surface area contributed by atoms with Gasteiger partial charge in [0, 0.05) is 12.3 Å². The van der Waals surface area contributed by atoms with E-state index in [-0.39, 0.29) is 0 Å². The Morgan fingerprint density at radius 3 is 3.00 bits per heavy atom. The van der Waals surface area contributed by atoms with Gasteiger partial charge in [-0.15, -0.1) is 11.8 Å². The third-order valence-corrected chi connectivity index (χ3v) is 2.66. The lowest BCUT2D eigenvalue weighted by Crippen LogP contribution is -1.84. The fourth-order valence-electron chi connectivity index (χ4n) is 0.460. The summed E-state index contributed by atoms with van der Waals surface area (Å²) in [5.74, 6) is 1.18. The fourth-order valence-corrected chi connectivity index (χ4v) is 1.80. The third-order valence-electron chi connectivity index (χ3n) is 0.762. The number of thioether (sulfide) groups is 1. The van der Waals surface area contributed by atoms with Gasteiger partial charge >= 0.3 is 0 Å². The van der Waals surface area contributed by atoms with Gasteiger partial charge in [-0.25, -0.2) is 0 Å². The zero-order valence-electron chi connectivity index (χ0n) is 3.85. The van der Waals surface area contributed by atoms with Gasteiger partial charge in [-0.3, -0.25) is 4.99 Å². The smallest absolute Gasteiger partial charge is 0.0782 e. The highest BCUT2D eigenvalue weighted by atomic mass is 79.9. The Morgan fingerprint density at radius 1 is 1.86 bits per heavy atom. The number of nitrogens with zero attached hydrogens (tertiary/aromatic N) is 1. The predicted octanol–water partition coefficient (Wildman–Crippen LogP) is 1.53. The Kier molecular flexibility index (Phi) is 2.19. The molecule has 0 aliphatic carbocycles. The lowest BCUT2D eigenvalue weighted by atomic mass is 10.8. The molecule has 0 aromatic carbocycles. The summed E-state index contributed by atoms with van der Waals surface area (Å²) in [4.78, 5) is 4.19. The van der Waals surface area contributed by atoms with Gasteiger partial charge in [-0.2, -0.15) is 0 Å². The van der Waals surface area contributed by atoms with Gasteiger partial charge in [0.1, 0.15) is 0 Å². The molecule has 3 heteroatoms. The van der Waals surface area contributed by atoms with E-state index in [1.807, 2.05) is 11.8 Å². The van der Waals surface area contributed by atoms with Crippen molar-refractivity contribution in [3.05, 3.63) is 0 Å². The Balaban J connectivity index is 2.36. The molecule has 0 spiro atoms. The molecule has 0 fully saturated rings. The highest BCUT2D eigenvalue weighted by Gasteiger charge is 2.02. The van der Waals surface area contributed by atoms with Crippen LogP contribution >= 0.6 is 27.7 Å². The van der Waals surface area contributed by atoms with Crippen LogP contribution in [0.4, 0.5) is 0 Å². The molecule has 0 bridgehead atoms. The van der Waals surface area contributed by atoms with Crippen molar-refractivity contribution < 1.29 is 0 Å². The molecule has 0 aromatic heterocycles. The van der Waals surface area contributed by atoms with Crippen LogP contribution in [0.3, 0.4) is 0 Å². The number of rotatable bonds is 1. The van der Waals surface area contributed by atoms with Crippen LogP contribution in [-0.2, 0) is 0 Å². The van der Waals surface area contributed by atoms with Crippen LogP contribution < -0.4 is 0 Å². The van der Waals surface area contributed by atoms with Gasteiger partial charge in [-0.05, 0) is 0 Å². The number of aliphatic imine (C=N–C) groups is 1. The Hall–Kier alpha value is 0.500. The SMILES string of the molecule is BrCC1=NCCS1. The maximum absolute atomic E-state index is 4.19. The number of hydrogen-bond donors (Lipinski definition) is 0. The summed E-state index contributed by atoms with van der Waals surface area (Å²) < 4.78 is 0. The van der Waals surface area contributed by atoms with E-state index in [0.29, 0.717) is 0 Å². The minimum Gasteiger partial charge on any atom is -0.281 e. The lowest BCUT2D eigenvalue weighted by molar-refractivity contribution is 1.17. The van der Waals surface area contributed by atoms with Gasteiger partial charge in [0.15, 0.2) is 0 Å². The summed E-state index contributed by atoms with van der Waals surface area (Å²) in [7, 11) is 0. The molecule has 1 nitrogen and oxygen atoms in total. The van der Waals surface area contributed by atoms with Crippen molar-refractivity contribution in [2.45, 2.75) is 0 Å². The first-order chi connectivity index (χ1) is 3.43. The van der Waals surface area contributed by atoms with E-state index in [9.17, 15) is 0 Å². The summed E-state index contributed by atoms with van der Waals surface area (Å²) in [5, 5.41) is 2.19. The van der Waals surface area contributed by atoms with Gasteiger partial charge < -0.3 is 0 Å². The third kappa shape index (κ3) is 1.46. The van der Waals surface area contributed by atoms with E-state index in [1.165, 1.54) is 10.8 Å². The first-order valence-corrected chi connectivity index (χ1v) is 4.26. The second-order valence-corrected chi connectivity index (χ2v) is 2.99. The van der Waals surface area contributed by atoms with Crippen molar-refractivity contribution >= 4 is 32.7 Å². The average molecular weight is 180 g/mol. The standard InChI is InChI=1S/C4H6BrNS/c5-3-4-6-1-2-7-4/h1-3H2. The molecule has 0 unspecified atom stereocenters. The second-order valence-electron chi connectivity index (χ2n) is 1.26. The molecule has 0 N–H and O–H groups in total. The quantitative estimate of drug-likeness (QED) is 0.557. The Labute approximate surface area is 55.7 Å². The molecule has 0 saturated carbocycles. The van der Waals surface area contributed by atoms with Gasteiger partial charge in [-0.1, -0.05) is 15.9 Å². The Morgan fingerprint density at radius 2 is 2.71 bits per heavy atom. The van der Waals surface area contributed by atoms with Crippen molar-refractivity contribution in [3.63, 3.8) is 0 Å². The molecule has 1 aliphatic rings. The monoisotopic (exact) mass is 179 g/mol. The van der Waals surface area contributed by atoms with Crippen molar-refractivity contribution in [1.29, 1.82) is 0 Å². The van der Waals surface area contributed by atoms with E-state index < -0.39 is 0 Å². The molecule has 0 atom stereocenters. The highest BCUT2D eigenvalue weighted by molar-refractivity contribution is 9.09. The molecular weight excluding hydrogens is 174 g/mol. The maximum atomic E-state index is 4.19. The normalized spacial score (nSPS) is 19.9. The highest BCUT2D eigenvalue weighted by Crippen LogP contribution is 2.12. The Bertz CT molecular complexity index is 91.7. The van der Waals surface area contributed by atoms with Crippen molar-refractivity contribution in [1.82, 2.24) is 0 Å². The number of hydrogen-bond acceptors (Lipinski definition) is 2. The van der Waals surface area contributed by atoms with E-state index >= 15 is 0 Å². The molecule has 1 aliphatic heterocycles. The van der Waals surface area contributed by atoms with Crippen LogP contribution in [-0.4, -0.2) is 22.7 Å². The van der Waals surface area contributed by atoms with Crippen LogP contribution in [0.5, 0.6) is 0 Å². The van der Waals surface area contributed by atoms with Crippen LogP contribution in [0.25, 0.3) is 0 Å². The lowest BCUT2D eigenvalue weighted by Gasteiger charge is -1.84. The largest absolute Gasteiger partial charge is 0.281 e. The predicted molar refractivity (Wildman–Crippen MR) is 38.6 cm³/mol. The van der Waals surface area contributed by atoms with Crippen LogP contribution in [0.2, 0.25) is 0 Å². The molecule has 7 heavy (non-hydrogen) atoms. The maximum Gasteiger partial charge on any atom is 0.0782 e. The van der Waals surface area contributed by atoms with Crippen molar-refractivity contribution in [2.75, 3.05) is 17.6 Å². The van der Waals surface area contributed by atoms with Crippen LogP contribution in [0.15, 0.2) is 4.99 Å². The topological polar surface area (TPSA) is 12.4 Å². The van der Waals surface area contributed by atoms with Gasteiger partial charge in [0.05, 0.1) is 10.4 Å². The van der Waals surface area contributed by atoms with Gasteiger partial charge in [0.2, 0.25) is 0 Å². The first kappa shape index (κ1) is 5.63. The summed E-state index contributed by atoms with van der Waals surface area (Å²) in [6.45, 7) is 1.02. The zero-order chi connectivity index (χ0) is 5.11. The molecule has 0 radical (unpaired) electrons. The van der Waals surface area contributed by atoms with E-state index in [4.69, 9.17) is 0 Å². The average Bonchev–Trinajstić information content (AvgIpc) is 2.14. The summed E-state index contributed by atoms with van der Waals surface area (Å²) >= 11 is 5.17. The zero-order valence-corrected chi connectivity index (χ0v) is 6.26. The summed E-state index contributed by atoms with van der Waals surface area (Å²) in [6, 6.07) is 0. The second kappa shape index (κ2) is 2.72. The van der Waals surface area contributed by atoms with Crippen LogP contribution in [0, 0.1) is 0 Å². The summed E-state index contributed by atoms with van der Waals surface area (Å²) in [5.41, 5.74) is 0. The van der Waals surface area contributed by atoms with E-state index in [2.05, 4.69) is 20.9 Å². The van der Waals surface area contributed by atoms with Gasteiger partial charge in [0.25, 0.3) is 0 Å². The molecule has 1 rings (SSSR count). The summed E-state index contributed by atoms with van der Waals surface area (Å²) in [6.07, 6.45) is 0. The minimum atomic E-state index is 0.942. The number of alkyl halides is 1.